The van der Waals surface area contributed by atoms with E-state index in [0.717, 1.165) is 13.0 Å². The van der Waals surface area contributed by atoms with E-state index in [-0.39, 0.29) is 25.2 Å². The zero-order valence-corrected chi connectivity index (χ0v) is 11.5. The largest absolute Gasteiger partial charge is 0.395 e. The normalized spacial score (nSPS) is 24.6. The lowest BCUT2D eigenvalue weighted by molar-refractivity contribution is -0.135. The molecule has 1 saturated heterocycles. The van der Waals surface area contributed by atoms with Crippen molar-refractivity contribution in [3.05, 3.63) is 0 Å². The van der Waals surface area contributed by atoms with E-state index < -0.39 is 5.41 Å². The summed E-state index contributed by atoms with van der Waals surface area (Å²) < 4.78 is 5.65. The molecule has 1 amide bonds. The van der Waals surface area contributed by atoms with Crippen LogP contribution in [0.1, 0.15) is 27.2 Å². The molecule has 0 saturated carbocycles. The van der Waals surface area contributed by atoms with Gasteiger partial charge in [0.25, 0.3) is 0 Å². The first-order chi connectivity index (χ1) is 8.44. The molecule has 18 heavy (non-hydrogen) atoms. The summed E-state index contributed by atoms with van der Waals surface area (Å²) in [6, 6.07) is 0. The molecular weight excluding hydrogens is 234 g/mol. The summed E-state index contributed by atoms with van der Waals surface area (Å²) in [6.45, 7) is 6.33. The van der Waals surface area contributed by atoms with Crippen molar-refractivity contribution >= 4 is 5.91 Å². The molecule has 2 atom stereocenters. The van der Waals surface area contributed by atoms with Crippen molar-refractivity contribution in [2.24, 2.45) is 17.3 Å². The van der Waals surface area contributed by atoms with Gasteiger partial charge in [-0.25, -0.2) is 0 Å². The number of hydrogen-bond donors (Lipinski definition) is 3. The van der Waals surface area contributed by atoms with Crippen molar-refractivity contribution in [1.82, 2.24) is 5.32 Å². The van der Waals surface area contributed by atoms with Gasteiger partial charge in [-0.2, -0.15) is 0 Å². The maximum atomic E-state index is 11.9. The van der Waals surface area contributed by atoms with Gasteiger partial charge in [0.1, 0.15) is 0 Å². The van der Waals surface area contributed by atoms with Crippen molar-refractivity contribution in [3.63, 3.8) is 0 Å². The highest BCUT2D eigenvalue weighted by atomic mass is 16.5. The van der Waals surface area contributed by atoms with Crippen LogP contribution in [-0.4, -0.2) is 48.6 Å². The van der Waals surface area contributed by atoms with Crippen molar-refractivity contribution in [3.8, 4) is 0 Å². The molecule has 0 bridgehead atoms. The fraction of sp³-hybridized carbons (Fsp3) is 0.923. The second kappa shape index (κ2) is 6.50. The highest BCUT2D eigenvalue weighted by Gasteiger charge is 2.35. The van der Waals surface area contributed by atoms with E-state index in [4.69, 9.17) is 14.9 Å². The number of carbonyl (C=O) groups is 1. The fourth-order valence-corrected chi connectivity index (χ4v) is 2.24. The zero-order chi connectivity index (χ0) is 13.8. The Bertz CT molecular complexity index is 276. The van der Waals surface area contributed by atoms with Crippen LogP contribution in [0.4, 0.5) is 0 Å². The third kappa shape index (κ3) is 3.43. The number of amides is 1. The molecule has 0 aliphatic carbocycles. The van der Waals surface area contributed by atoms with Crippen LogP contribution in [0.25, 0.3) is 0 Å². The number of carbonyl (C=O) groups excluding carboxylic acids is 1. The first kappa shape index (κ1) is 15.4. The van der Waals surface area contributed by atoms with Crippen LogP contribution in [0.3, 0.4) is 0 Å². The van der Waals surface area contributed by atoms with Gasteiger partial charge in [-0.15, -0.1) is 0 Å². The van der Waals surface area contributed by atoms with E-state index in [1.54, 1.807) is 6.92 Å². The van der Waals surface area contributed by atoms with Crippen molar-refractivity contribution in [1.29, 1.82) is 0 Å². The van der Waals surface area contributed by atoms with Gasteiger partial charge >= 0.3 is 0 Å². The lowest BCUT2D eigenvalue weighted by Crippen LogP contribution is -2.46. The molecule has 5 nitrogen and oxygen atoms in total. The predicted octanol–water partition coefficient (Wildman–Crippen LogP) is 0.155. The molecule has 1 aliphatic heterocycles. The van der Waals surface area contributed by atoms with Gasteiger partial charge in [0.05, 0.1) is 24.7 Å². The van der Waals surface area contributed by atoms with Crippen LogP contribution < -0.4 is 5.32 Å². The van der Waals surface area contributed by atoms with Gasteiger partial charge in [-0.1, -0.05) is 13.8 Å². The Labute approximate surface area is 109 Å². The fourth-order valence-electron chi connectivity index (χ4n) is 2.24. The minimum atomic E-state index is -1.10. The standard InChI is InChI=1S/C13H25NO4/c1-9(2)11-10(4-5-18-11)6-14-12(17)13(3,7-15)8-16/h9-11,15-16H,4-8H2,1-3H3,(H,14,17)/t10-,11-/m1/s1. The minimum absolute atomic E-state index is 0.180. The number of ether oxygens (including phenoxy) is 1. The first-order valence-corrected chi connectivity index (χ1v) is 6.56. The number of aliphatic hydroxyl groups excluding tert-OH is 2. The highest BCUT2D eigenvalue weighted by Crippen LogP contribution is 2.26. The Kier molecular flexibility index (Phi) is 5.56. The molecule has 0 aromatic rings. The van der Waals surface area contributed by atoms with Crippen LogP contribution in [-0.2, 0) is 9.53 Å². The molecule has 1 rings (SSSR count). The molecule has 1 heterocycles. The highest BCUT2D eigenvalue weighted by molar-refractivity contribution is 5.82. The average Bonchev–Trinajstić information content (AvgIpc) is 2.83. The van der Waals surface area contributed by atoms with Crippen LogP contribution in [0.2, 0.25) is 0 Å². The van der Waals surface area contributed by atoms with Crippen LogP contribution >= 0.6 is 0 Å². The van der Waals surface area contributed by atoms with Crippen molar-refractivity contribution < 1.29 is 19.7 Å². The minimum Gasteiger partial charge on any atom is -0.395 e. The Morgan fingerprint density at radius 3 is 2.56 bits per heavy atom. The molecule has 0 aromatic carbocycles. The Morgan fingerprint density at radius 1 is 1.44 bits per heavy atom. The lowest BCUT2D eigenvalue weighted by atomic mass is 9.90. The van der Waals surface area contributed by atoms with Gasteiger partial charge in [0.2, 0.25) is 5.91 Å². The summed E-state index contributed by atoms with van der Waals surface area (Å²) in [5.41, 5.74) is -1.10. The molecule has 106 valence electrons. The molecule has 0 aromatic heterocycles. The third-order valence-corrected chi connectivity index (χ3v) is 3.69. The summed E-state index contributed by atoms with van der Waals surface area (Å²) >= 11 is 0. The molecule has 0 unspecified atom stereocenters. The second-order valence-electron chi connectivity index (χ2n) is 5.72. The zero-order valence-electron chi connectivity index (χ0n) is 11.5. The SMILES string of the molecule is CC(C)[C@H]1OCC[C@@H]1CNC(=O)C(C)(CO)CO. The predicted molar refractivity (Wildman–Crippen MR) is 68.0 cm³/mol. The summed E-state index contributed by atoms with van der Waals surface area (Å²) in [4.78, 5) is 11.9. The maximum Gasteiger partial charge on any atom is 0.230 e. The topological polar surface area (TPSA) is 78.8 Å². The van der Waals surface area contributed by atoms with Crippen molar-refractivity contribution in [2.45, 2.75) is 33.3 Å². The molecule has 1 fully saturated rings. The van der Waals surface area contributed by atoms with Gasteiger partial charge in [-0.05, 0) is 19.3 Å². The smallest absolute Gasteiger partial charge is 0.230 e. The second-order valence-corrected chi connectivity index (χ2v) is 5.72. The lowest BCUT2D eigenvalue weighted by Gasteiger charge is -2.26. The Balaban J connectivity index is 2.47. The summed E-state index contributed by atoms with van der Waals surface area (Å²) in [7, 11) is 0. The van der Waals surface area contributed by atoms with Crippen LogP contribution in [0.15, 0.2) is 0 Å². The van der Waals surface area contributed by atoms with Gasteiger partial charge in [-0.3, -0.25) is 4.79 Å². The third-order valence-electron chi connectivity index (χ3n) is 3.69. The van der Waals surface area contributed by atoms with E-state index in [1.807, 2.05) is 0 Å². The van der Waals surface area contributed by atoms with E-state index >= 15 is 0 Å². The quantitative estimate of drug-likeness (QED) is 0.634. The Hall–Kier alpha value is -0.650. The van der Waals surface area contributed by atoms with E-state index in [1.165, 1.54) is 0 Å². The maximum absolute atomic E-state index is 11.9. The van der Waals surface area contributed by atoms with E-state index in [9.17, 15) is 4.79 Å². The average molecular weight is 259 g/mol. The van der Waals surface area contributed by atoms with E-state index in [0.29, 0.717) is 18.4 Å². The molecule has 5 heteroatoms. The van der Waals surface area contributed by atoms with Gasteiger partial charge in [0, 0.05) is 19.1 Å². The summed E-state index contributed by atoms with van der Waals surface area (Å²) in [5.74, 6) is 0.439. The number of aliphatic hydroxyl groups is 2. The number of hydrogen-bond acceptors (Lipinski definition) is 4. The van der Waals surface area contributed by atoms with Gasteiger partial charge < -0.3 is 20.3 Å². The van der Waals surface area contributed by atoms with Crippen LogP contribution in [0.5, 0.6) is 0 Å². The first-order valence-electron chi connectivity index (χ1n) is 6.56. The molecule has 0 radical (unpaired) electrons. The van der Waals surface area contributed by atoms with Crippen molar-refractivity contribution in [2.75, 3.05) is 26.4 Å². The molecule has 0 spiro atoms. The number of rotatable bonds is 6. The van der Waals surface area contributed by atoms with Gasteiger partial charge in [0.15, 0.2) is 0 Å². The molecule has 1 aliphatic rings. The Morgan fingerprint density at radius 2 is 2.06 bits per heavy atom. The molecular formula is C13H25NO4. The molecule has 3 N–H and O–H groups in total. The van der Waals surface area contributed by atoms with E-state index in [2.05, 4.69) is 19.2 Å². The van der Waals surface area contributed by atoms with Crippen LogP contribution in [0, 0.1) is 17.3 Å². The monoisotopic (exact) mass is 259 g/mol. The number of nitrogens with one attached hydrogen (secondary N) is 1. The summed E-state index contributed by atoms with van der Waals surface area (Å²) in [5, 5.41) is 21.1. The summed E-state index contributed by atoms with van der Waals surface area (Å²) in [6.07, 6.45) is 1.12.